The zero-order valence-electron chi connectivity index (χ0n) is 14.5. The normalized spacial score (nSPS) is 14.3. The highest BCUT2D eigenvalue weighted by Crippen LogP contribution is 2.26. The summed E-state index contributed by atoms with van der Waals surface area (Å²) in [6.45, 7) is 3.03. The van der Waals surface area contributed by atoms with Crippen molar-refractivity contribution in [1.29, 1.82) is 0 Å². The summed E-state index contributed by atoms with van der Waals surface area (Å²) in [6.07, 6.45) is 14.7. The Balaban J connectivity index is 3.49. The molecule has 0 aromatic carbocycles. The predicted molar refractivity (Wildman–Crippen MR) is 90.5 cm³/mol. The van der Waals surface area contributed by atoms with E-state index in [1.165, 1.54) is 51.4 Å². The maximum absolute atomic E-state index is 14.5. The summed E-state index contributed by atoms with van der Waals surface area (Å²) in [4.78, 5) is 0. The average molecular weight is 304 g/mol. The van der Waals surface area contributed by atoms with Crippen LogP contribution in [0.25, 0.3) is 0 Å². The third-order valence-corrected chi connectivity index (χ3v) is 4.21. The van der Waals surface area contributed by atoms with Crippen LogP contribution in [0.5, 0.6) is 0 Å². The average Bonchev–Trinajstić information content (AvgIpc) is 2.47. The van der Waals surface area contributed by atoms with Gasteiger partial charge in [0.25, 0.3) is 0 Å². The van der Waals surface area contributed by atoms with Crippen molar-refractivity contribution in [1.82, 2.24) is 0 Å². The third-order valence-electron chi connectivity index (χ3n) is 4.21. The Morgan fingerprint density at radius 1 is 0.810 bits per heavy atom. The molecule has 21 heavy (non-hydrogen) atoms. The summed E-state index contributed by atoms with van der Waals surface area (Å²) in [6, 6.07) is 0. The minimum Gasteiger partial charge on any atom is -0.381 e. The quantitative estimate of drug-likeness (QED) is 0.388. The first kappa shape index (κ1) is 20.9. The summed E-state index contributed by atoms with van der Waals surface area (Å²) in [5.74, 6) is 0. The molecule has 0 rings (SSSR count). The molecule has 0 aliphatic rings. The van der Waals surface area contributed by atoms with Gasteiger partial charge >= 0.3 is 0 Å². The van der Waals surface area contributed by atoms with E-state index in [0.717, 1.165) is 19.3 Å². The maximum Gasteiger partial charge on any atom is 0.134 e. The van der Waals surface area contributed by atoms with Crippen LogP contribution in [0.3, 0.4) is 0 Å². The van der Waals surface area contributed by atoms with E-state index >= 15 is 0 Å². The standard InChI is InChI=1S/C18H38FNO/c1-3-4-5-6-7-8-9-10-11-12-14-18(19,17-21-2)15-13-16-20/h3-17,20H2,1-2H3. The largest absolute Gasteiger partial charge is 0.381 e. The summed E-state index contributed by atoms with van der Waals surface area (Å²) >= 11 is 0. The van der Waals surface area contributed by atoms with Gasteiger partial charge in [0.2, 0.25) is 0 Å². The van der Waals surface area contributed by atoms with E-state index < -0.39 is 5.67 Å². The van der Waals surface area contributed by atoms with Gasteiger partial charge in [-0.25, -0.2) is 4.39 Å². The second-order valence-electron chi connectivity index (χ2n) is 6.41. The second-order valence-corrected chi connectivity index (χ2v) is 6.41. The predicted octanol–water partition coefficient (Wildman–Crippen LogP) is 5.39. The van der Waals surface area contributed by atoms with Gasteiger partial charge in [0.1, 0.15) is 5.67 Å². The van der Waals surface area contributed by atoms with Crippen molar-refractivity contribution in [3.63, 3.8) is 0 Å². The lowest BCUT2D eigenvalue weighted by Gasteiger charge is -2.24. The lowest BCUT2D eigenvalue weighted by molar-refractivity contribution is 0.0248. The van der Waals surface area contributed by atoms with Crippen LogP contribution in [0.2, 0.25) is 0 Å². The number of ether oxygens (including phenoxy) is 1. The van der Waals surface area contributed by atoms with Crippen LogP contribution in [-0.4, -0.2) is 25.9 Å². The Labute approximate surface area is 132 Å². The van der Waals surface area contributed by atoms with Gasteiger partial charge in [-0.15, -0.1) is 0 Å². The van der Waals surface area contributed by atoms with Crippen molar-refractivity contribution >= 4 is 0 Å². The molecule has 0 aliphatic heterocycles. The molecule has 0 amide bonds. The number of nitrogens with two attached hydrogens (primary N) is 1. The van der Waals surface area contributed by atoms with E-state index in [-0.39, 0.29) is 6.61 Å². The van der Waals surface area contributed by atoms with Gasteiger partial charge in [-0.05, 0) is 25.8 Å². The monoisotopic (exact) mass is 303 g/mol. The van der Waals surface area contributed by atoms with Crippen molar-refractivity contribution < 1.29 is 9.13 Å². The molecule has 1 unspecified atom stereocenters. The molecule has 0 saturated heterocycles. The molecule has 0 fully saturated rings. The van der Waals surface area contributed by atoms with Gasteiger partial charge < -0.3 is 10.5 Å². The molecule has 128 valence electrons. The molecular weight excluding hydrogens is 265 g/mol. The Hall–Kier alpha value is -0.150. The third kappa shape index (κ3) is 13.2. The SMILES string of the molecule is CCCCCCCCCCCCC(F)(CCCN)COC. The fourth-order valence-corrected chi connectivity index (χ4v) is 2.88. The van der Waals surface area contributed by atoms with Gasteiger partial charge in [0, 0.05) is 7.11 Å². The van der Waals surface area contributed by atoms with Crippen LogP contribution in [0.15, 0.2) is 0 Å². The van der Waals surface area contributed by atoms with Crippen LogP contribution in [-0.2, 0) is 4.74 Å². The smallest absolute Gasteiger partial charge is 0.134 e. The molecule has 0 aromatic rings. The molecular formula is C18H38FNO. The van der Waals surface area contributed by atoms with Crippen LogP contribution < -0.4 is 5.73 Å². The first-order chi connectivity index (χ1) is 10.2. The summed E-state index contributed by atoms with van der Waals surface area (Å²) in [5, 5.41) is 0. The van der Waals surface area contributed by atoms with Crippen molar-refractivity contribution in [2.75, 3.05) is 20.3 Å². The highest BCUT2D eigenvalue weighted by Gasteiger charge is 2.28. The highest BCUT2D eigenvalue weighted by molar-refractivity contribution is 4.79. The van der Waals surface area contributed by atoms with Crippen LogP contribution in [0.1, 0.15) is 90.4 Å². The van der Waals surface area contributed by atoms with Gasteiger partial charge in [-0.3, -0.25) is 0 Å². The molecule has 0 heterocycles. The van der Waals surface area contributed by atoms with E-state index in [1.807, 2.05) is 0 Å². The first-order valence-corrected chi connectivity index (χ1v) is 9.06. The number of hydrogen-bond acceptors (Lipinski definition) is 2. The molecule has 0 aliphatic carbocycles. The topological polar surface area (TPSA) is 35.2 Å². The van der Waals surface area contributed by atoms with Gasteiger partial charge in [0.05, 0.1) is 6.61 Å². The Morgan fingerprint density at radius 3 is 1.76 bits per heavy atom. The van der Waals surface area contributed by atoms with Gasteiger partial charge in [0.15, 0.2) is 0 Å². The molecule has 2 N–H and O–H groups in total. The number of methoxy groups -OCH3 is 1. The number of alkyl halides is 1. The van der Waals surface area contributed by atoms with Crippen LogP contribution in [0.4, 0.5) is 4.39 Å². The zero-order chi connectivity index (χ0) is 15.8. The number of halogens is 1. The van der Waals surface area contributed by atoms with E-state index in [0.29, 0.717) is 19.4 Å². The minimum absolute atomic E-state index is 0.213. The first-order valence-electron chi connectivity index (χ1n) is 9.06. The number of unbranched alkanes of at least 4 members (excludes halogenated alkanes) is 9. The fraction of sp³-hybridized carbons (Fsp3) is 1.00. The highest BCUT2D eigenvalue weighted by atomic mass is 19.1. The Bertz CT molecular complexity index is 213. The number of rotatable bonds is 16. The minimum atomic E-state index is -1.16. The van der Waals surface area contributed by atoms with E-state index in [9.17, 15) is 4.39 Å². The number of hydrogen-bond donors (Lipinski definition) is 1. The lowest BCUT2D eigenvalue weighted by Crippen LogP contribution is -2.29. The van der Waals surface area contributed by atoms with E-state index in [4.69, 9.17) is 10.5 Å². The summed E-state index contributed by atoms with van der Waals surface area (Å²) in [5.41, 5.74) is 4.32. The van der Waals surface area contributed by atoms with Crippen molar-refractivity contribution in [3.8, 4) is 0 Å². The molecule has 0 spiro atoms. The van der Waals surface area contributed by atoms with E-state index in [2.05, 4.69) is 6.92 Å². The summed E-state index contributed by atoms with van der Waals surface area (Å²) < 4.78 is 19.6. The van der Waals surface area contributed by atoms with Crippen molar-refractivity contribution in [2.24, 2.45) is 5.73 Å². The molecule has 2 nitrogen and oxygen atoms in total. The van der Waals surface area contributed by atoms with Gasteiger partial charge in [-0.2, -0.15) is 0 Å². The molecule has 0 bridgehead atoms. The molecule has 3 heteroatoms. The zero-order valence-corrected chi connectivity index (χ0v) is 14.5. The fourth-order valence-electron chi connectivity index (χ4n) is 2.88. The second kappa shape index (κ2) is 14.8. The van der Waals surface area contributed by atoms with Crippen LogP contribution in [0, 0.1) is 0 Å². The molecule has 0 saturated carbocycles. The lowest BCUT2D eigenvalue weighted by atomic mass is 9.93. The van der Waals surface area contributed by atoms with Crippen molar-refractivity contribution in [2.45, 2.75) is 96.1 Å². The Morgan fingerprint density at radius 2 is 1.29 bits per heavy atom. The summed E-state index contributed by atoms with van der Waals surface area (Å²) in [7, 11) is 1.58. The van der Waals surface area contributed by atoms with Crippen molar-refractivity contribution in [3.05, 3.63) is 0 Å². The maximum atomic E-state index is 14.5. The Kier molecular flexibility index (Phi) is 14.7. The molecule has 0 radical (unpaired) electrons. The molecule has 0 aromatic heterocycles. The molecule has 1 atom stereocenters. The van der Waals surface area contributed by atoms with Crippen LogP contribution >= 0.6 is 0 Å². The van der Waals surface area contributed by atoms with Gasteiger partial charge in [-0.1, -0.05) is 71.1 Å². The van der Waals surface area contributed by atoms with E-state index in [1.54, 1.807) is 7.11 Å².